The standard InChI is InChI=1S/C19H25N3O2/c1-2-24-18(23)19(12-16-6-4-3-5-7-16)8-10-22(11-9-19)14-17-13-20-15-21-17/h3-7,13,15H,2,8-12,14H2,1H3,(H,20,21). The molecular weight excluding hydrogens is 302 g/mol. The summed E-state index contributed by atoms with van der Waals surface area (Å²) < 4.78 is 5.42. The largest absolute Gasteiger partial charge is 0.466 e. The molecule has 0 amide bonds. The maximum atomic E-state index is 12.7. The van der Waals surface area contributed by atoms with Crippen LogP contribution in [0.3, 0.4) is 0 Å². The molecule has 2 heterocycles. The Kier molecular flexibility index (Phi) is 5.30. The van der Waals surface area contributed by atoms with Crippen LogP contribution in [0.15, 0.2) is 42.9 Å². The molecule has 128 valence electrons. The number of aromatic nitrogens is 2. The molecule has 0 saturated carbocycles. The summed E-state index contributed by atoms with van der Waals surface area (Å²) >= 11 is 0. The number of carbonyl (C=O) groups is 1. The first-order valence-electron chi connectivity index (χ1n) is 8.62. The number of nitrogens with zero attached hydrogens (tertiary/aromatic N) is 2. The van der Waals surface area contributed by atoms with Crippen LogP contribution in [0.5, 0.6) is 0 Å². The van der Waals surface area contributed by atoms with E-state index in [0.717, 1.165) is 44.6 Å². The molecule has 1 saturated heterocycles. The van der Waals surface area contributed by atoms with Gasteiger partial charge >= 0.3 is 5.97 Å². The summed E-state index contributed by atoms with van der Waals surface area (Å²) in [5.41, 5.74) is 1.91. The van der Waals surface area contributed by atoms with Gasteiger partial charge in [0.2, 0.25) is 0 Å². The Morgan fingerprint density at radius 1 is 1.29 bits per heavy atom. The van der Waals surface area contributed by atoms with E-state index in [1.807, 2.05) is 31.3 Å². The number of ether oxygens (including phenoxy) is 1. The summed E-state index contributed by atoms with van der Waals surface area (Å²) in [6, 6.07) is 10.3. The Labute approximate surface area is 143 Å². The van der Waals surface area contributed by atoms with Crippen LogP contribution < -0.4 is 0 Å². The van der Waals surface area contributed by atoms with Gasteiger partial charge in [0.05, 0.1) is 18.3 Å². The lowest BCUT2D eigenvalue weighted by atomic mass is 9.73. The average molecular weight is 327 g/mol. The molecule has 5 nitrogen and oxygen atoms in total. The molecule has 1 aromatic heterocycles. The minimum atomic E-state index is -0.401. The second-order valence-corrected chi connectivity index (χ2v) is 6.52. The topological polar surface area (TPSA) is 58.2 Å². The van der Waals surface area contributed by atoms with Gasteiger partial charge in [0.1, 0.15) is 0 Å². The highest BCUT2D eigenvalue weighted by atomic mass is 16.5. The predicted molar refractivity (Wildman–Crippen MR) is 92.3 cm³/mol. The van der Waals surface area contributed by atoms with Crippen LogP contribution in [-0.2, 0) is 22.5 Å². The van der Waals surface area contributed by atoms with E-state index in [9.17, 15) is 4.79 Å². The number of H-pyrrole nitrogens is 1. The predicted octanol–water partition coefficient (Wildman–Crippen LogP) is 2.80. The number of nitrogens with one attached hydrogen (secondary N) is 1. The van der Waals surface area contributed by atoms with E-state index in [-0.39, 0.29) is 5.97 Å². The van der Waals surface area contributed by atoms with Gasteiger partial charge in [-0.3, -0.25) is 9.69 Å². The molecule has 2 aromatic rings. The number of rotatable bonds is 6. The van der Waals surface area contributed by atoms with Crippen molar-refractivity contribution < 1.29 is 9.53 Å². The zero-order valence-corrected chi connectivity index (χ0v) is 14.2. The van der Waals surface area contributed by atoms with Crippen molar-refractivity contribution in [2.24, 2.45) is 5.41 Å². The van der Waals surface area contributed by atoms with Crippen molar-refractivity contribution in [3.05, 3.63) is 54.1 Å². The van der Waals surface area contributed by atoms with Crippen molar-refractivity contribution in [1.29, 1.82) is 0 Å². The summed E-state index contributed by atoms with van der Waals surface area (Å²) in [5.74, 6) is -0.0463. The number of aromatic amines is 1. The molecule has 3 rings (SSSR count). The third kappa shape index (κ3) is 3.85. The highest BCUT2D eigenvalue weighted by Gasteiger charge is 2.42. The quantitative estimate of drug-likeness (QED) is 0.829. The van der Waals surface area contributed by atoms with Crippen LogP contribution >= 0.6 is 0 Å². The number of hydrogen-bond acceptors (Lipinski definition) is 4. The molecule has 0 bridgehead atoms. The maximum Gasteiger partial charge on any atom is 0.312 e. The molecule has 1 N–H and O–H groups in total. The van der Waals surface area contributed by atoms with Gasteiger partial charge in [-0.25, -0.2) is 4.98 Å². The van der Waals surface area contributed by atoms with E-state index < -0.39 is 5.41 Å². The highest BCUT2D eigenvalue weighted by Crippen LogP contribution is 2.37. The number of esters is 1. The van der Waals surface area contributed by atoms with E-state index in [4.69, 9.17) is 4.74 Å². The maximum absolute atomic E-state index is 12.7. The van der Waals surface area contributed by atoms with Gasteiger partial charge in [-0.05, 0) is 44.8 Å². The first kappa shape index (κ1) is 16.7. The van der Waals surface area contributed by atoms with Crippen molar-refractivity contribution in [2.75, 3.05) is 19.7 Å². The van der Waals surface area contributed by atoms with E-state index in [2.05, 4.69) is 27.0 Å². The fraction of sp³-hybridized carbons (Fsp3) is 0.474. The van der Waals surface area contributed by atoms with E-state index in [0.29, 0.717) is 6.61 Å². The van der Waals surface area contributed by atoms with Gasteiger partial charge in [0.25, 0.3) is 0 Å². The number of carbonyl (C=O) groups excluding carboxylic acids is 1. The normalized spacial score (nSPS) is 17.5. The number of imidazole rings is 1. The molecule has 0 atom stereocenters. The Hall–Kier alpha value is -2.14. The van der Waals surface area contributed by atoms with Crippen LogP contribution in [0, 0.1) is 5.41 Å². The first-order valence-corrected chi connectivity index (χ1v) is 8.62. The lowest BCUT2D eigenvalue weighted by Gasteiger charge is -2.40. The van der Waals surface area contributed by atoms with Crippen LogP contribution in [0.25, 0.3) is 0 Å². The van der Waals surface area contributed by atoms with Crippen molar-refractivity contribution >= 4 is 5.97 Å². The molecule has 0 radical (unpaired) electrons. The average Bonchev–Trinajstić information content (AvgIpc) is 3.11. The van der Waals surface area contributed by atoms with Crippen molar-refractivity contribution in [3.63, 3.8) is 0 Å². The lowest BCUT2D eigenvalue weighted by molar-refractivity contribution is -0.158. The van der Waals surface area contributed by atoms with Crippen molar-refractivity contribution in [3.8, 4) is 0 Å². The molecule has 1 aromatic carbocycles. The molecule has 5 heteroatoms. The molecule has 0 unspecified atom stereocenters. The van der Waals surface area contributed by atoms with Gasteiger partial charge < -0.3 is 9.72 Å². The second-order valence-electron chi connectivity index (χ2n) is 6.52. The summed E-state index contributed by atoms with van der Waals surface area (Å²) in [4.78, 5) is 22.3. The summed E-state index contributed by atoms with van der Waals surface area (Å²) in [5, 5.41) is 0. The summed E-state index contributed by atoms with van der Waals surface area (Å²) in [6.07, 6.45) is 5.98. The third-order valence-electron chi connectivity index (χ3n) is 4.86. The van der Waals surface area contributed by atoms with E-state index in [1.54, 1.807) is 6.33 Å². The van der Waals surface area contributed by atoms with Gasteiger partial charge in [0.15, 0.2) is 0 Å². The molecule has 1 fully saturated rings. The van der Waals surface area contributed by atoms with Gasteiger partial charge in [-0.15, -0.1) is 0 Å². The van der Waals surface area contributed by atoms with Gasteiger partial charge in [-0.1, -0.05) is 30.3 Å². The highest BCUT2D eigenvalue weighted by molar-refractivity contribution is 5.77. The molecule has 24 heavy (non-hydrogen) atoms. The number of hydrogen-bond donors (Lipinski definition) is 1. The van der Waals surface area contributed by atoms with Crippen LogP contribution in [0.1, 0.15) is 31.0 Å². The van der Waals surface area contributed by atoms with Crippen LogP contribution in [0.4, 0.5) is 0 Å². The minimum absolute atomic E-state index is 0.0463. The zero-order valence-electron chi connectivity index (χ0n) is 14.2. The SMILES string of the molecule is CCOC(=O)C1(Cc2ccccc2)CCN(Cc2cnc[nH]2)CC1. The fourth-order valence-electron chi connectivity index (χ4n) is 3.48. The number of piperidine rings is 1. The monoisotopic (exact) mass is 327 g/mol. The number of benzene rings is 1. The minimum Gasteiger partial charge on any atom is -0.466 e. The molecule has 0 aliphatic carbocycles. The van der Waals surface area contributed by atoms with Crippen LogP contribution in [-0.4, -0.2) is 40.5 Å². The lowest BCUT2D eigenvalue weighted by Crippen LogP contribution is -2.46. The van der Waals surface area contributed by atoms with Gasteiger partial charge in [0, 0.05) is 18.4 Å². The first-order chi connectivity index (χ1) is 11.7. The Morgan fingerprint density at radius 2 is 2.04 bits per heavy atom. The van der Waals surface area contributed by atoms with E-state index >= 15 is 0 Å². The zero-order chi connectivity index (χ0) is 16.8. The van der Waals surface area contributed by atoms with Crippen molar-refractivity contribution in [1.82, 2.24) is 14.9 Å². The Balaban J connectivity index is 1.69. The van der Waals surface area contributed by atoms with Gasteiger partial charge in [-0.2, -0.15) is 0 Å². The Morgan fingerprint density at radius 3 is 2.67 bits per heavy atom. The summed E-state index contributed by atoms with van der Waals surface area (Å²) in [7, 11) is 0. The smallest absolute Gasteiger partial charge is 0.312 e. The van der Waals surface area contributed by atoms with E-state index in [1.165, 1.54) is 5.56 Å². The Bertz CT molecular complexity index is 632. The molecule has 0 spiro atoms. The summed E-state index contributed by atoms with van der Waals surface area (Å²) in [6.45, 7) is 4.95. The van der Waals surface area contributed by atoms with Crippen LogP contribution in [0.2, 0.25) is 0 Å². The third-order valence-corrected chi connectivity index (χ3v) is 4.86. The fourth-order valence-corrected chi connectivity index (χ4v) is 3.48. The molecule has 1 aliphatic rings. The molecule has 1 aliphatic heterocycles. The number of likely N-dealkylation sites (tertiary alicyclic amines) is 1. The van der Waals surface area contributed by atoms with Crippen molar-refractivity contribution in [2.45, 2.75) is 32.7 Å². The second kappa shape index (κ2) is 7.62. The molecular formula is C19H25N3O2.